The third kappa shape index (κ3) is 4.31. The van der Waals surface area contributed by atoms with Gasteiger partial charge in [0.15, 0.2) is 11.6 Å². The van der Waals surface area contributed by atoms with E-state index in [2.05, 4.69) is 5.32 Å². The van der Waals surface area contributed by atoms with E-state index in [1.54, 1.807) is 6.92 Å². The zero-order valence-electron chi connectivity index (χ0n) is 12.3. The van der Waals surface area contributed by atoms with E-state index < -0.39 is 11.6 Å². The summed E-state index contributed by atoms with van der Waals surface area (Å²) in [4.78, 5) is 13.2. The van der Waals surface area contributed by atoms with E-state index in [0.29, 0.717) is 5.56 Å². The molecule has 2 unspecified atom stereocenters. The number of carbonyl (C=O) groups excluding carboxylic acids is 1. The molecule has 2 rings (SSSR count). The summed E-state index contributed by atoms with van der Waals surface area (Å²) in [5.41, 5.74) is 0.532. The van der Waals surface area contributed by atoms with Gasteiger partial charge in [-0.05, 0) is 43.7 Å². The first-order chi connectivity index (χ1) is 10.5. The van der Waals surface area contributed by atoms with Gasteiger partial charge >= 0.3 is 0 Å². The van der Waals surface area contributed by atoms with Gasteiger partial charge in [-0.25, -0.2) is 8.78 Å². The Balaban J connectivity index is 1.96. The SMILES string of the molecule is CC(Sc1ccccc1)C(=O)NC(C)c1ccc(F)c(F)c1. The molecule has 0 saturated heterocycles. The fourth-order valence-electron chi connectivity index (χ4n) is 1.95. The molecule has 0 spiro atoms. The second kappa shape index (κ2) is 7.40. The summed E-state index contributed by atoms with van der Waals surface area (Å²) in [5.74, 6) is -1.95. The highest BCUT2D eigenvalue weighted by Gasteiger charge is 2.18. The molecule has 2 nitrogen and oxygen atoms in total. The maximum absolute atomic E-state index is 13.2. The minimum Gasteiger partial charge on any atom is -0.349 e. The third-order valence-electron chi connectivity index (χ3n) is 3.23. The number of rotatable bonds is 5. The lowest BCUT2D eigenvalue weighted by Gasteiger charge is -2.18. The Morgan fingerprint density at radius 2 is 1.73 bits per heavy atom. The van der Waals surface area contributed by atoms with Crippen molar-refractivity contribution in [3.05, 3.63) is 65.7 Å². The van der Waals surface area contributed by atoms with Gasteiger partial charge in [0, 0.05) is 4.90 Å². The van der Waals surface area contributed by atoms with E-state index in [1.807, 2.05) is 37.3 Å². The fraction of sp³-hybridized carbons (Fsp3) is 0.235. The minimum atomic E-state index is -0.912. The Morgan fingerprint density at radius 3 is 2.36 bits per heavy atom. The van der Waals surface area contributed by atoms with Crippen LogP contribution in [-0.4, -0.2) is 11.2 Å². The first-order valence-corrected chi connectivity index (χ1v) is 7.82. The Hall–Kier alpha value is -1.88. The minimum absolute atomic E-state index is 0.147. The normalized spacial score (nSPS) is 13.5. The molecule has 22 heavy (non-hydrogen) atoms. The quantitative estimate of drug-likeness (QED) is 0.831. The largest absolute Gasteiger partial charge is 0.349 e. The Bertz CT molecular complexity index is 648. The van der Waals surface area contributed by atoms with Gasteiger partial charge in [0.25, 0.3) is 0 Å². The summed E-state index contributed by atoms with van der Waals surface area (Å²) in [7, 11) is 0. The van der Waals surface area contributed by atoms with Crippen LogP contribution in [0, 0.1) is 11.6 Å². The molecule has 2 atom stereocenters. The van der Waals surface area contributed by atoms with Crippen molar-refractivity contribution in [1.82, 2.24) is 5.32 Å². The van der Waals surface area contributed by atoms with Crippen molar-refractivity contribution in [1.29, 1.82) is 0 Å². The van der Waals surface area contributed by atoms with Crippen molar-refractivity contribution >= 4 is 17.7 Å². The number of nitrogens with one attached hydrogen (secondary N) is 1. The molecule has 0 heterocycles. The Kier molecular flexibility index (Phi) is 5.55. The lowest BCUT2D eigenvalue weighted by atomic mass is 10.1. The lowest BCUT2D eigenvalue weighted by Crippen LogP contribution is -2.33. The van der Waals surface area contributed by atoms with E-state index in [0.717, 1.165) is 17.0 Å². The fourth-order valence-corrected chi connectivity index (χ4v) is 2.85. The van der Waals surface area contributed by atoms with Gasteiger partial charge in [0.05, 0.1) is 11.3 Å². The topological polar surface area (TPSA) is 29.1 Å². The molecule has 0 fully saturated rings. The van der Waals surface area contributed by atoms with Crippen LogP contribution in [0.2, 0.25) is 0 Å². The van der Waals surface area contributed by atoms with Crippen molar-refractivity contribution in [2.45, 2.75) is 30.0 Å². The number of hydrogen-bond donors (Lipinski definition) is 1. The van der Waals surface area contributed by atoms with Gasteiger partial charge in [-0.2, -0.15) is 0 Å². The molecule has 0 bridgehead atoms. The average molecular weight is 321 g/mol. The highest BCUT2D eigenvalue weighted by Crippen LogP contribution is 2.24. The molecule has 2 aromatic rings. The summed E-state index contributed by atoms with van der Waals surface area (Å²) in [6.07, 6.45) is 0. The van der Waals surface area contributed by atoms with Crippen LogP contribution < -0.4 is 5.32 Å². The van der Waals surface area contributed by atoms with Crippen molar-refractivity contribution in [2.75, 3.05) is 0 Å². The van der Waals surface area contributed by atoms with Crippen molar-refractivity contribution in [3.8, 4) is 0 Å². The number of thioether (sulfide) groups is 1. The maximum Gasteiger partial charge on any atom is 0.233 e. The molecule has 0 radical (unpaired) electrons. The van der Waals surface area contributed by atoms with Crippen LogP contribution in [0.25, 0.3) is 0 Å². The average Bonchev–Trinajstić information content (AvgIpc) is 2.50. The number of hydrogen-bond acceptors (Lipinski definition) is 2. The number of carbonyl (C=O) groups is 1. The van der Waals surface area contributed by atoms with E-state index in [-0.39, 0.29) is 17.2 Å². The predicted octanol–water partition coefficient (Wildman–Crippen LogP) is 4.32. The smallest absolute Gasteiger partial charge is 0.233 e. The van der Waals surface area contributed by atoms with Crippen molar-refractivity contribution in [3.63, 3.8) is 0 Å². The van der Waals surface area contributed by atoms with Crippen LogP contribution in [0.15, 0.2) is 53.4 Å². The molecule has 1 N–H and O–H groups in total. The second-order valence-corrected chi connectivity index (χ2v) is 6.39. The van der Waals surface area contributed by atoms with Crippen LogP contribution in [0.3, 0.4) is 0 Å². The summed E-state index contributed by atoms with van der Waals surface area (Å²) < 4.78 is 26.2. The molecular formula is C17H17F2NOS. The van der Waals surface area contributed by atoms with Crippen LogP contribution in [-0.2, 0) is 4.79 Å². The van der Waals surface area contributed by atoms with Gasteiger partial charge in [-0.15, -0.1) is 11.8 Å². The number of benzene rings is 2. The molecular weight excluding hydrogens is 304 g/mol. The van der Waals surface area contributed by atoms with E-state index in [9.17, 15) is 13.6 Å². The third-order valence-corrected chi connectivity index (χ3v) is 4.34. The van der Waals surface area contributed by atoms with E-state index in [1.165, 1.54) is 17.8 Å². The molecule has 116 valence electrons. The summed E-state index contributed by atoms with van der Waals surface area (Å²) >= 11 is 1.45. The molecule has 0 aliphatic carbocycles. The summed E-state index contributed by atoms with van der Waals surface area (Å²) in [5, 5.41) is 2.53. The highest BCUT2D eigenvalue weighted by atomic mass is 32.2. The van der Waals surface area contributed by atoms with Crippen LogP contribution >= 0.6 is 11.8 Å². The number of halogens is 2. The van der Waals surface area contributed by atoms with E-state index >= 15 is 0 Å². The Morgan fingerprint density at radius 1 is 1.05 bits per heavy atom. The van der Waals surface area contributed by atoms with Gasteiger partial charge in [0.2, 0.25) is 5.91 Å². The van der Waals surface area contributed by atoms with Gasteiger partial charge in [0.1, 0.15) is 0 Å². The van der Waals surface area contributed by atoms with Gasteiger partial charge < -0.3 is 5.32 Å². The monoisotopic (exact) mass is 321 g/mol. The molecule has 0 aliphatic rings. The molecule has 0 aliphatic heterocycles. The van der Waals surface area contributed by atoms with Crippen LogP contribution in [0.5, 0.6) is 0 Å². The standard InChI is InChI=1S/C17H17F2NOS/c1-11(13-8-9-15(18)16(19)10-13)20-17(21)12(2)22-14-6-4-3-5-7-14/h3-12H,1-2H3,(H,20,21). The zero-order valence-corrected chi connectivity index (χ0v) is 13.2. The summed E-state index contributed by atoms with van der Waals surface area (Å²) in [6, 6.07) is 12.9. The molecule has 2 aromatic carbocycles. The van der Waals surface area contributed by atoms with Crippen molar-refractivity contribution in [2.24, 2.45) is 0 Å². The molecule has 0 saturated carbocycles. The second-order valence-electron chi connectivity index (χ2n) is 4.98. The molecule has 1 amide bonds. The Labute approximate surface area is 132 Å². The molecule has 0 aromatic heterocycles. The summed E-state index contributed by atoms with van der Waals surface area (Å²) in [6.45, 7) is 3.55. The first kappa shape index (κ1) is 16.5. The highest BCUT2D eigenvalue weighted by molar-refractivity contribution is 8.00. The zero-order chi connectivity index (χ0) is 16.1. The van der Waals surface area contributed by atoms with Gasteiger partial charge in [-0.1, -0.05) is 24.3 Å². The lowest BCUT2D eigenvalue weighted by molar-refractivity contribution is -0.120. The van der Waals surface area contributed by atoms with Crippen LogP contribution in [0.4, 0.5) is 8.78 Å². The predicted molar refractivity (Wildman–Crippen MR) is 84.7 cm³/mol. The van der Waals surface area contributed by atoms with Gasteiger partial charge in [-0.3, -0.25) is 4.79 Å². The van der Waals surface area contributed by atoms with Crippen molar-refractivity contribution < 1.29 is 13.6 Å². The first-order valence-electron chi connectivity index (χ1n) is 6.94. The number of amides is 1. The maximum atomic E-state index is 13.2. The van der Waals surface area contributed by atoms with Crippen LogP contribution in [0.1, 0.15) is 25.5 Å². The molecule has 5 heteroatoms. The van der Waals surface area contributed by atoms with E-state index in [4.69, 9.17) is 0 Å².